The third-order valence-electron chi connectivity index (χ3n) is 3.86. The summed E-state index contributed by atoms with van der Waals surface area (Å²) in [4.78, 5) is 18.7. The molecule has 23 heavy (non-hydrogen) atoms. The van der Waals surface area contributed by atoms with Gasteiger partial charge in [-0.05, 0) is 38.2 Å². The molecule has 6 heteroatoms. The van der Waals surface area contributed by atoms with Crippen molar-refractivity contribution >= 4 is 17.5 Å². The number of rotatable bonds is 6. The monoisotopic (exact) mass is 340 g/mol. The minimum Gasteiger partial charge on any atom is -0.476 e. The molecule has 0 spiro atoms. The maximum atomic E-state index is 12.7. The van der Waals surface area contributed by atoms with E-state index in [0.717, 1.165) is 12.8 Å². The summed E-state index contributed by atoms with van der Waals surface area (Å²) in [5, 5.41) is 9.93. The van der Waals surface area contributed by atoms with Gasteiger partial charge >= 0.3 is 0 Å². The number of nitrogens with zero attached hydrogens (tertiary/aromatic N) is 2. The highest BCUT2D eigenvalue weighted by molar-refractivity contribution is 6.32. The van der Waals surface area contributed by atoms with E-state index in [9.17, 15) is 9.90 Å². The Morgan fingerprint density at radius 2 is 2.26 bits per heavy atom. The Kier molecular flexibility index (Phi) is 6.25. The molecule has 1 aliphatic heterocycles. The molecule has 1 amide bonds. The van der Waals surface area contributed by atoms with Gasteiger partial charge in [-0.2, -0.15) is 0 Å². The third kappa shape index (κ3) is 4.82. The van der Waals surface area contributed by atoms with Crippen molar-refractivity contribution in [2.75, 3.05) is 13.2 Å². The molecular weight excluding hydrogens is 316 g/mol. The molecule has 0 radical (unpaired) electrons. The highest BCUT2D eigenvalue weighted by Gasteiger charge is 2.30. The van der Waals surface area contributed by atoms with Crippen LogP contribution in [0, 0.1) is 5.92 Å². The zero-order valence-electron chi connectivity index (χ0n) is 14.0. The average molecular weight is 341 g/mol. The van der Waals surface area contributed by atoms with E-state index in [1.807, 2.05) is 18.7 Å². The number of halogens is 1. The molecule has 1 N–H and O–H groups in total. The number of ether oxygens (including phenoxy) is 1. The quantitative estimate of drug-likeness (QED) is 0.864. The van der Waals surface area contributed by atoms with Crippen LogP contribution in [0.4, 0.5) is 0 Å². The smallest absolute Gasteiger partial charge is 0.255 e. The molecule has 0 aliphatic carbocycles. The van der Waals surface area contributed by atoms with Gasteiger partial charge in [-0.25, -0.2) is 4.98 Å². The van der Waals surface area contributed by atoms with Gasteiger partial charge < -0.3 is 14.7 Å². The first-order valence-corrected chi connectivity index (χ1v) is 8.53. The van der Waals surface area contributed by atoms with E-state index >= 15 is 0 Å². The van der Waals surface area contributed by atoms with Crippen LogP contribution < -0.4 is 4.74 Å². The molecule has 1 aromatic rings. The minimum absolute atomic E-state index is 0.0816. The summed E-state index contributed by atoms with van der Waals surface area (Å²) in [5.74, 6) is 0.650. The lowest BCUT2D eigenvalue weighted by atomic mass is 10.1. The van der Waals surface area contributed by atoms with E-state index in [2.05, 4.69) is 4.98 Å². The van der Waals surface area contributed by atoms with E-state index in [4.69, 9.17) is 16.3 Å². The van der Waals surface area contributed by atoms with Crippen LogP contribution in [-0.2, 0) is 0 Å². The minimum atomic E-state index is -0.415. The van der Waals surface area contributed by atoms with Crippen molar-refractivity contribution in [3.8, 4) is 5.88 Å². The average Bonchev–Trinajstić information content (AvgIpc) is 2.92. The van der Waals surface area contributed by atoms with Gasteiger partial charge in [0.1, 0.15) is 5.02 Å². The highest BCUT2D eigenvalue weighted by Crippen LogP contribution is 2.27. The predicted molar refractivity (Wildman–Crippen MR) is 89.9 cm³/mol. The van der Waals surface area contributed by atoms with Crippen molar-refractivity contribution < 1.29 is 14.6 Å². The second kappa shape index (κ2) is 7.97. The van der Waals surface area contributed by atoms with E-state index in [1.165, 1.54) is 6.20 Å². The largest absolute Gasteiger partial charge is 0.476 e. The van der Waals surface area contributed by atoms with Gasteiger partial charge in [-0.3, -0.25) is 4.79 Å². The number of carbonyl (C=O) groups is 1. The summed E-state index contributed by atoms with van der Waals surface area (Å²) in [7, 11) is 0. The van der Waals surface area contributed by atoms with Crippen LogP contribution in [0.15, 0.2) is 12.3 Å². The Bertz CT molecular complexity index is 549. The van der Waals surface area contributed by atoms with Crippen molar-refractivity contribution in [1.29, 1.82) is 0 Å². The molecule has 2 rings (SSSR count). The predicted octanol–water partition coefficient (Wildman–Crippen LogP) is 3.15. The van der Waals surface area contributed by atoms with Crippen molar-refractivity contribution in [1.82, 2.24) is 9.88 Å². The second-order valence-electron chi connectivity index (χ2n) is 6.60. The topological polar surface area (TPSA) is 62.7 Å². The van der Waals surface area contributed by atoms with Crippen LogP contribution in [0.2, 0.25) is 5.02 Å². The molecule has 0 aromatic carbocycles. The fourth-order valence-corrected chi connectivity index (χ4v) is 3.02. The molecule has 0 saturated carbocycles. The van der Waals surface area contributed by atoms with Crippen LogP contribution in [0.3, 0.4) is 0 Å². The van der Waals surface area contributed by atoms with Gasteiger partial charge in [0.05, 0.1) is 18.3 Å². The summed E-state index contributed by atoms with van der Waals surface area (Å²) in [6, 6.07) is 1.70. The SMILES string of the molecule is CC(C)COc1ncc(C(=O)N2CCC[C@H]2C[C@@H](C)O)cc1Cl. The number of aliphatic hydroxyl groups is 1. The lowest BCUT2D eigenvalue weighted by Gasteiger charge is -2.25. The number of hydrogen-bond donors (Lipinski definition) is 1. The van der Waals surface area contributed by atoms with E-state index in [0.29, 0.717) is 42.0 Å². The van der Waals surface area contributed by atoms with Crippen LogP contribution in [-0.4, -0.2) is 46.2 Å². The van der Waals surface area contributed by atoms with E-state index in [1.54, 1.807) is 13.0 Å². The van der Waals surface area contributed by atoms with Gasteiger partial charge in [0, 0.05) is 18.8 Å². The first kappa shape index (κ1) is 18.0. The highest BCUT2D eigenvalue weighted by atomic mass is 35.5. The molecule has 0 unspecified atom stereocenters. The summed E-state index contributed by atoms with van der Waals surface area (Å²) in [5.41, 5.74) is 0.462. The van der Waals surface area contributed by atoms with Crippen LogP contribution >= 0.6 is 11.6 Å². The summed E-state index contributed by atoms with van der Waals surface area (Å²) in [6.07, 6.45) is 3.58. The van der Waals surface area contributed by atoms with Crippen molar-refractivity contribution in [2.45, 2.75) is 52.2 Å². The summed E-state index contributed by atoms with van der Waals surface area (Å²) < 4.78 is 5.53. The molecule has 1 fully saturated rings. The molecular formula is C17H25ClN2O3. The van der Waals surface area contributed by atoms with Gasteiger partial charge in [-0.15, -0.1) is 0 Å². The Labute approximate surface area is 142 Å². The van der Waals surface area contributed by atoms with Crippen LogP contribution in [0.25, 0.3) is 0 Å². The Morgan fingerprint density at radius 1 is 1.52 bits per heavy atom. The molecule has 1 saturated heterocycles. The Hall–Kier alpha value is -1.33. The molecule has 2 heterocycles. The first-order valence-electron chi connectivity index (χ1n) is 8.16. The Balaban J connectivity index is 2.08. The van der Waals surface area contributed by atoms with Gasteiger partial charge in [-0.1, -0.05) is 25.4 Å². The second-order valence-corrected chi connectivity index (χ2v) is 7.00. The van der Waals surface area contributed by atoms with Gasteiger partial charge in [0.2, 0.25) is 5.88 Å². The fourth-order valence-electron chi connectivity index (χ4n) is 2.80. The van der Waals surface area contributed by atoms with Crippen LogP contribution in [0.5, 0.6) is 5.88 Å². The number of hydrogen-bond acceptors (Lipinski definition) is 4. The lowest BCUT2D eigenvalue weighted by Crippen LogP contribution is -2.37. The third-order valence-corrected chi connectivity index (χ3v) is 4.13. The molecule has 0 bridgehead atoms. The number of pyridine rings is 1. The zero-order chi connectivity index (χ0) is 17.0. The number of aliphatic hydroxyl groups excluding tert-OH is 1. The van der Waals surface area contributed by atoms with E-state index < -0.39 is 6.10 Å². The van der Waals surface area contributed by atoms with E-state index in [-0.39, 0.29) is 11.9 Å². The van der Waals surface area contributed by atoms with Gasteiger partial charge in [0.25, 0.3) is 5.91 Å². The molecule has 128 valence electrons. The summed E-state index contributed by atoms with van der Waals surface area (Å²) >= 11 is 6.19. The van der Waals surface area contributed by atoms with Gasteiger partial charge in [0.15, 0.2) is 0 Å². The normalized spacial score (nSPS) is 19.2. The maximum absolute atomic E-state index is 12.7. The number of aromatic nitrogens is 1. The maximum Gasteiger partial charge on any atom is 0.255 e. The number of carbonyl (C=O) groups excluding carboxylic acids is 1. The zero-order valence-corrected chi connectivity index (χ0v) is 14.7. The van der Waals surface area contributed by atoms with Crippen LogP contribution in [0.1, 0.15) is 50.4 Å². The first-order chi connectivity index (χ1) is 10.9. The molecule has 5 nitrogen and oxygen atoms in total. The van der Waals surface area contributed by atoms with Crippen molar-refractivity contribution in [3.63, 3.8) is 0 Å². The Morgan fingerprint density at radius 3 is 2.87 bits per heavy atom. The lowest BCUT2D eigenvalue weighted by molar-refractivity contribution is 0.0681. The van der Waals surface area contributed by atoms with Crippen molar-refractivity contribution in [3.05, 3.63) is 22.8 Å². The fraction of sp³-hybridized carbons (Fsp3) is 0.647. The molecule has 1 aromatic heterocycles. The molecule has 2 atom stereocenters. The summed E-state index contributed by atoms with van der Waals surface area (Å²) in [6.45, 7) is 7.07. The number of amides is 1. The standard InChI is InChI=1S/C17H25ClN2O3/c1-11(2)10-23-16-15(18)8-13(9-19-16)17(22)20-6-4-5-14(20)7-12(3)21/h8-9,11-12,14,21H,4-7,10H2,1-3H3/t12-,14+/m1/s1. The van der Waals surface area contributed by atoms with Crippen molar-refractivity contribution in [2.24, 2.45) is 5.92 Å². The number of likely N-dealkylation sites (tertiary alicyclic amines) is 1. The molecule has 1 aliphatic rings.